The molecule has 1 aromatic rings. The lowest BCUT2D eigenvalue weighted by atomic mass is 9.98. The van der Waals surface area contributed by atoms with Crippen LogP contribution in [0.5, 0.6) is 0 Å². The van der Waals surface area contributed by atoms with Crippen molar-refractivity contribution in [2.45, 2.75) is 69.9 Å². The van der Waals surface area contributed by atoms with Crippen LogP contribution in [0.3, 0.4) is 0 Å². The maximum atomic E-state index is 15.7. The first kappa shape index (κ1) is 20.0. The lowest BCUT2D eigenvalue weighted by molar-refractivity contribution is -0.0611. The molecule has 1 aromatic heterocycles. The van der Waals surface area contributed by atoms with Gasteiger partial charge in [0, 0.05) is 12.3 Å². The van der Waals surface area contributed by atoms with E-state index in [1.165, 1.54) is 13.1 Å². The van der Waals surface area contributed by atoms with Crippen LogP contribution in [0.4, 0.5) is 4.39 Å². The van der Waals surface area contributed by atoms with Crippen LogP contribution in [-0.4, -0.2) is 47.5 Å². The summed E-state index contributed by atoms with van der Waals surface area (Å²) in [5, 5.41) is 9.49. The lowest BCUT2D eigenvalue weighted by Gasteiger charge is -2.41. The fraction of sp³-hybridized carbons (Fsp3) is 0.750. The van der Waals surface area contributed by atoms with Crippen LogP contribution in [0.25, 0.3) is 0 Å². The summed E-state index contributed by atoms with van der Waals surface area (Å²) in [4.78, 5) is 25.4. The summed E-state index contributed by atoms with van der Waals surface area (Å²) in [6.45, 7) is 10.9. The van der Waals surface area contributed by atoms with Gasteiger partial charge in [0.05, 0.1) is 6.61 Å². The van der Waals surface area contributed by atoms with Gasteiger partial charge in [0.25, 0.3) is 5.56 Å². The Morgan fingerprint density at radius 2 is 2.04 bits per heavy atom. The first-order chi connectivity index (χ1) is 11.3. The monoisotopic (exact) mass is 374 g/mol. The van der Waals surface area contributed by atoms with Gasteiger partial charge in [-0.25, -0.2) is 9.18 Å². The van der Waals surface area contributed by atoms with Gasteiger partial charge in [0.1, 0.15) is 12.2 Å². The van der Waals surface area contributed by atoms with Crippen molar-refractivity contribution in [1.82, 2.24) is 9.55 Å². The van der Waals surface area contributed by atoms with E-state index in [-0.39, 0.29) is 5.04 Å². The van der Waals surface area contributed by atoms with Crippen molar-refractivity contribution in [3.8, 4) is 0 Å². The molecule has 4 atom stereocenters. The molecule has 0 spiro atoms. The average Bonchev–Trinajstić information content (AvgIpc) is 2.69. The van der Waals surface area contributed by atoms with Gasteiger partial charge < -0.3 is 14.3 Å². The second kappa shape index (κ2) is 6.46. The van der Waals surface area contributed by atoms with Crippen LogP contribution < -0.4 is 11.2 Å². The van der Waals surface area contributed by atoms with E-state index in [0.717, 1.165) is 10.6 Å². The van der Waals surface area contributed by atoms with Crippen LogP contribution in [0, 0.1) is 0 Å². The van der Waals surface area contributed by atoms with Gasteiger partial charge in [-0.3, -0.25) is 14.3 Å². The predicted molar refractivity (Wildman–Crippen MR) is 93.9 cm³/mol. The molecule has 0 unspecified atom stereocenters. The fourth-order valence-corrected chi connectivity index (χ4v) is 4.02. The van der Waals surface area contributed by atoms with E-state index >= 15 is 4.39 Å². The molecule has 1 aliphatic rings. The molecule has 0 aliphatic carbocycles. The molecule has 7 nitrogen and oxygen atoms in total. The van der Waals surface area contributed by atoms with Crippen molar-refractivity contribution in [3.63, 3.8) is 0 Å². The highest BCUT2D eigenvalue weighted by Crippen LogP contribution is 2.46. The molecule has 0 aromatic carbocycles. The molecular formula is C16H27FN2O5Si. The van der Waals surface area contributed by atoms with E-state index in [0.29, 0.717) is 0 Å². The number of aromatic nitrogens is 2. The van der Waals surface area contributed by atoms with Gasteiger partial charge in [0.2, 0.25) is 0 Å². The van der Waals surface area contributed by atoms with Crippen LogP contribution >= 0.6 is 0 Å². The molecule has 9 heteroatoms. The van der Waals surface area contributed by atoms with Gasteiger partial charge in [-0.2, -0.15) is 0 Å². The van der Waals surface area contributed by atoms with Crippen LogP contribution in [-0.2, 0) is 9.16 Å². The molecule has 2 rings (SSSR count). The number of alkyl halides is 1. The van der Waals surface area contributed by atoms with Crippen molar-refractivity contribution in [2.75, 3.05) is 6.61 Å². The van der Waals surface area contributed by atoms with E-state index in [1.54, 1.807) is 0 Å². The van der Waals surface area contributed by atoms with Gasteiger partial charge in [-0.05, 0) is 25.1 Å². The number of aromatic amines is 1. The number of hydrogen-bond donors (Lipinski definition) is 2. The van der Waals surface area contributed by atoms with Gasteiger partial charge in [0.15, 0.2) is 20.2 Å². The summed E-state index contributed by atoms with van der Waals surface area (Å²) in [5.74, 6) is 0. The molecule has 142 valence electrons. The zero-order valence-corrected chi connectivity index (χ0v) is 16.5. The number of hydrogen-bond acceptors (Lipinski definition) is 5. The van der Waals surface area contributed by atoms with Gasteiger partial charge in [-0.15, -0.1) is 0 Å². The van der Waals surface area contributed by atoms with Crippen molar-refractivity contribution >= 4 is 8.32 Å². The second-order valence-corrected chi connectivity index (χ2v) is 12.9. The molecule has 0 amide bonds. The number of aliphatic hydroxyl groups is 1. The summed E-state index contributed by atoms with van der Waals surface area (Å²) in [6.07, 6.45) is -2.05. The Morgan fingerprint density at radius 1 is 1.44 bits per heavy atom. The zero-order valence-electron chi connectivity index (χ0n) is 15.5. The van der Waals surface area contributed by atoms with Crippen molar-refractivity contribution in [3.05, 3.63) is 33.1 Å². The van der Waals surface area contributed by atoms with Crippen LogP contribution in [0.1, 0.15) is 33.9 Å². The number of nitrogens with one attached hydrogen (secondary N) is 1. The molecule has 1 fully saturated rings. The summed E-state index contributed by atoms with van der Waals surface area (Å²) in [5.41, 5.74) is -3.41. The summed E-state index contributed by atoms with van der Waals surface area (Å²) >= 11 is 0. The quantitative estimate of drug-likeness (QED) is 0.780. The second-order valence-electron chi connectivity index (χ2n) is 8.18. The molecule has 2 heterocycles. The third-order valence-corrected chi connectivity index (χ3v) is 9.65. The van der Waals surface area contributed by atoms with Crippen LogP contribution in [0.15, 0.2) is 21.9 Å². The first-order valence-corrected chi connectivity index (χ1v) is 11.2. The number of halogens is 1. The summed E-state index contributed by atoms with van der Waals surface area (Å²) in [6, 6.07) is 1.12. The lowest BCUT2D eigenvalue weighted by Crippen LogP contribution is -2.53. The SMILES string of the molecule is CC(C)(C)[Si](C)(C)O[C@@H]1[C@@H](CO)O[C@@H](n2ccc(=O)[nH]c2=O)[C@@]1(C)F. The molecule has 25 heavy (non-hydrogen) atoms. The number of ether oxygens (including phenoxy) is 1. The van der Waals surface area contributed by atoms with E-state index in [9.17, 15) is 14.7 Å². The summed E-state index contributed by atoms with van der Waals surface area (Å²) < 4.78 is 28.5. The Bertz CT molecular complexity index is 737. The third kappa shape index (κ3) is 3.64. The first-order valence-electron chi connectivity index (χ1n) is 8.26. The highest BCUT2D eigenvalue weighted by molar-refractivity contribution is 6.74. The van der Waals surface area contributed by atoms with Crippen LogP contribution in [0.2, 0.25) is 18.1 Å². The highest BCUT2D eigenvalue weighted by Gasteiger charge is 2.58. The standard InChI is InChI=1S/C16H27FN2O5Si/c1-15(2,3)25(5,6)24-12-10(9-20)23-13(16(12,4)17)19-8-7-11(21)18-14(19)22/h7-8,10,12-13,20H,9H2,1-6H3,(H,18,21,22)/t10-,12-,13-,16+/m1/s1. The van der Waals surface area contributed by atoms with Gasteiger partial charge >= 0.3 is 5.69 Å². The fourth-order valence-electron chi connectivity index (χ4n) is 2.65. The predicted octanol–water partition coefficient (Wildman–Crippen LogP) is 1.54. The molecule has 1 saturated heterocycles. The van der Waals surface area contributed by atoms with E-state index in [2.05, 4.69) is 4.98 Å². The molecule has 1 aliphatic heterocycles. The third-order valence-electron chi connectivity index (χ3n) is 5.19. The maximum Gasteiger partial charge on any atom is 0.330 e. The van der Waals surface area contributed by atoms with E-state index in [1.807, 2.05) is 33.9 Å². The smallest absolute Gasteiger partial charge is 0.330 e. The van der Waals surface area contributed by atoms with Crippen molar-refractivity contribution in [1.29, 1.82) is 0 Å². The van der Waals surface area contributed by atoms with Crippen molar-refractivity contribution < 1.29 is 18.7 Å². The zero-order chi connectivity index (χ0) is 19.2. The molecule has 0 bridgehead atoms. The number of aliphatic hydroxyl groups excluding tert-OH is 1. The minimum atomic E-state index is -2.35. The molecule has 0 radical (unpaired) electrons. The number of nitrogens with zero attached hydrogens (tertiary/aromatic N) is 1. The highest BCUT2D eigenvalue weighted by atomic mass is 28.4. The number of rotatable bonds is 4. The maximum absolute atomic E-state index is 15.7. The minimum Gasteiger partial charge on any atom is -0.408 e. The van der Waals surface area contributed by atoms with Gasteiger partial charge in [-0.1, -0.05) is 20.8 Å². The Balaban J connectivity index is 2.42. The normalized spacial score (nSPS) is 30.6. The minimum absolute atomic E-state index is 0.157. The van der Waals surface area contributed by atoms with Crippen molar-refractivity contribution in [2.24, 2.45) is 0 Å². The molecule has 2 N–H and O–H groups in total. The van der Waals surface area contributed by atoms with E-state index in [4.69, 9.17) is 9.16 Å². The Hall–Kier alpha value is -1.29. The Labute approximate surface area is 146 Å². The average molecular weight is 374 g/mol. The number of H-pyrrole nitrogens is 1. The van der Waals surface area contributed by atoms with E-state index < -0.39 is 50.3 Å². The largest absolute Gasteiger partial charge is 0.408 e. The Kier molecular flexibility index (Phi) is 5.17. The topological polar surface area (TPSA) is 93.5 Å². The summed E-state index contributed by atoms with van der Waals surface area (Å²) in [7, 11) is -2.35. The Morgan fingerprint density at radius 3 is 2.52 bits per heavy atom. The molecule has 0 saturated carbocycles. The molecular weight excluding hydrogens is 347 g/mol.